The molecule has 0 saturated carbocycles. The van der Waals surface area contributed by atoms with E-state index in [2.05, 4.69) is 4.99 Å². The first kappa shape index (κ1) is 30.9. The van der Waals surface area contributed by atoms with Crippen molar-refractivity contribution in [2.75, 3.05) is 26.9 Å². The minimum absolute atomic E-state index is 0.00554. The molecule has 0 N–H and O–H groups in total. The van der Waals surface area contributed by atoms with Gasteiger partial charge in [-0.05, 0) is 51.0 Å². The molecule has 0 aliphatic carbocycles. The number of nitro benzene ring substituents is 1. The summed E-state index contributed by atoms with van der Waals surface area (Å²) in [5, 5.41) is 11.4. The molecule has 1 fully saturated rings. The molecule has 0 spiro atoms. The van der Waals surface area contributed by atoms with Gasteiger partial charge < -0.3 is 23.7 Å². The number of nitrogens with zero attached hydrogens (tertiary/aromatic N) is 2. The molecule has 2 heterocycles. The molecule has 2 aromatic carbocycles. The number of hydrogen-bond acceptors (Lipinski definition) is 10. The molecule has 2 aliphatic heterocycles. The van der Waals surface area contributed by atoms with E-state index in [1.54, 1.807) is 19.9 Å². The summed E-state index contributed by atoms with van der Waals surface area (Å²) in [5.41, 5.74) is 2.21. The second-order valence-corrected chi connectivity index (χ2v) is 10.7. The molecule has 11 nitrogen and oxygen atoms in total. The smallest absolute Gasteiger partial charge is 0.336 e. The Morgan fingerprint density at radius 3 is 2.50 bits per heavy atom. The van der Waals surface area contributed by atoms with Gasteiger partial charge in [-0.2, -0.15) is 0 Å². The first-order valence-corrected chi connectivity index (χ1v) is 13.8. The van der Waals surface area contributed by atoms with E-state index in [1.807, 2.05) is 38.1 Å². The quantitative estimate of drug-likeness (QED) is 0.206. The van der Waals surface area contributed by atoms with E-state index >= 15 is 0 Å². The van der Waals surface area contributed by atoms with Crippen molar-refractivity contribution in [2.24, 2.45) is 10.9 Å². The summed E-state index contributed by atoms with van der Waals surface area (Å²) in [6, 6.07) is 13.4. The van der Waals surface area contributed by atoms with Gasteiger partial charge in [0, 0.05) is 42.3 Å². The van der Waals surface area contributed by atoms with Crippen LogP contribution < -0.4 is 4.74 Å². The molecule has 0 aromatic heterocycles. The summed E-state index contributed by atoms with van der Waals surface area (Å²) in [4.78, 5) is 41.6. The molecule has 0 bridgehead atoms. The fraction of sp³-hybridized carbons (Fsp3) is 0.452. The molecule has 1 saturated heterocycles. The van der Waals surface area contributed by atoms with Crippen molar-refractivity contribution in [3.8, 4) is 5.75 Å². The highest BCUT2D eigenvalue weighted by atomic mass is 16.7. The maximum Gasteiger partial charge on any atom is 0.336 e. The van der Waals surface area contributed by atoms with Gasteiger partial charge in [-0.3, -0.25) is 19.9 Å². The Morgan fingerprint density at radius 2 is 1.86 bits per heavy atom. The van der Waals surface area contributed by atoms with Gasteiger partial charge in [-0.1, -0.05) is 24.3 Å². The zero-order valence-corrected chi connectivity index (χ0v) is 24.5. The third kappa shape index (κ3) is 7.40. The molecule has 42 heavy (non-hydrogen) atoms. The summed E-state index contributed by atoms with van der Waals surface area (Å²) in [6.45, 7) is 8.23. The molecule has 224 valence electrons. The van der Waals surface area contributed by atoms with E-state index in [0.717, 1.165) is 11.3 Å². The van der Waals surface area contributed by atoms with Crippen molar-refractivity contribution in [1.82, 2.24) is 0 Å². The molecule has 2 aliphatic rings. The summed E-state index contributed by atoms with van der Waals surface area (Å²) in [7, 11) is 1.25. The predicted molar refractivity (Wildman–Crippen MR) is 153 cm³/mol. The van der Waals surface area contributed by atoms with Gasteiger partial charge in [0.15, 0.2) is 5.79 Å². The summed E-state index contributed by atoms with van der Waals surface area (Å²) < 4.78 is 27.8. The van der Waals surface area contributed by atoms with Crippen LogP contribution in [0.3, 0.4) is 0 Å². The van der Waals surface area contributed by atoms with Crippen LogP contribution in [-0.2, 0) is 35.0 Å². The Morgan fingerprint density at radius 1 is 1.12 bits per heavy atom. The van der Waals surface area contributed by atoms with Crippen LogP contribution in [0.1, 0.15) is 51.2 Å². The summed E-state index contributed by atoms with van der Waals surface area (Å²) in [5.74, 6) is -2.86. The van der Waals surface area contributed by atoms with Gasteiger partial charge >= 0.3 is 11.9 Å². The minimum Gasteiger partial charge on any atom is -0.493 e. The van der Waals surface area contributed by atoms with Crippen molar-refractivity contribution in [3.63, 3.8) is 0 Å². The maximum atomic E-state index is 13.4. The number of esters is 2. The number of non-ortho nitro benzene ring substituents is 1. The Kier molecular flexibility index (Phi) is 9.74. The van der Waals surface area contributed by atoms with E-state index < -0.39 is 34.5 Å². The number of allylic oxidation sites excluding steroid dienone is 1. The number of methoxy groups -OCH3 is 1. The van der Waals surface area contributed by atoms with Crippen LogP contribution in [0.15, 0.2) is 64.8 Å². The average molecular weight is 581 g/mol. The molecule has 3 atom stereocenters. The second kappa shape index (κ2) is 13.3. The topological polar surface area (TPSA) is 136 Å². The fourth-order valence-electron chi connectivity index (χ4n) is 5.23. The van der Waals surface area contributed by atoms with Crippen LogP contribution in [0.2, 0.25) is 0 Å². The van der Waals surface area contributed by atoms with Crippen molar-refractivity contribution in [3.05, 3.63) is 81.0 Å². The van der Waals surface area contributed by atoms with Gasteiger partial charge in [-0.15, -0.1) is 0 Å². The first-order valence-electron chi connectivity index (χ1n) is 13.8. The Hall–Kier alpha value is -4.09. The largest absolute Gasteiger partial charge is 0.493 e. The highest BCUT2D eigenvalue weighted by molar-refractivity contribution is 6.07. The highest BCUT2D eigenvalue weighted by Crippen LogP contribution is 2.41. The first-order chi connectivity index (χ1) is 20.0. The Labute approximate surface area is 244 Å². The highest BCUT2D eigenvalue weighted by Gasteiger charge is 2.42. The lowest BCUT2D eigenvalue weighted by Gasteiger charge is -2.31. The van der Waals surface area contributed by atoms with Gasteiger partial charge in [0.2, 0.25) is 0 Å². The number of nitro groups is 1. The van der Waals surface area contributed by atoms with Gasteiger partial charge in [0.1, 0.15) is 11.7 Å². The molecule has 4 rings (SSSR count). The lowest BCUT2D eigenvalue weighted by atomic mass is 9.75. The fourth-order valence-corrected chi connectivity index (χ4v) is 5.23. The molecular formula is C31H36N2O9. The Balaban J connectivity index is 1.40. The third-order valence-corrected chi connectivity index (χ3v) is 7.27. The molecule has 0 amide bonds. The number of rotatable bonds is 11. The molecule has 3 unspecified atom stereocenters. The van der Waals surface area contributed by atoms with Crippen LogP contribution in [0, 0.1) is 16.0 Å². The summed E-state index contributed by atoms with van der Waals surface area (Å²) in [6.07, 6.45) is 1.17. The lowest BCUT2D eigenvalue weighted by Crippen LogP contribution is -2.36. The van der Waals surface area contributed by atoms with Crippen molar-refractivity contribution in [2.45, 2.75) is 58.3 Å². The normalized spacial score (nSPS) is 21.5. The number of carbonyl (C=O) groups is 2. The van der Waals surface area contributed by atoms with Crippen LogP contribution in [-0.4, -0.2) is 61.4 Å². The van der Waals surface area contributed by atoms with Crippen LogP contribution in [0.25, 0.3) is 0 Å². The maximum absolute atomic E-state index is 13.4. The average Bonchev–Trinajstić information content (AvgIpc) is 3.31. The molecule has 11 heteroatoms. The van der Waals surface area contributed by atoms with E-state index in [9.17, 15) is 19.7 Å². The van der Waals surface area contributed by atoms with Gasteiger partial charge in [0.05, 0.1) is 43.5 Å². The molecular weight excluding hydrogens is 544 g/mol. The van der Waals surface area contributed by atoms with Crippen molar-refractivity contribution < 1.29 is 38.2 Å². The summed E-state index contributed by atoms with van der Waals surface area (Å²) >= 11 is 0. The van der Waals surface area contributed by atoms with Crippen LogP contribution in [0.5, 0.6) is 5.75 Å². The number of hydrogen-bond donors (Lipinski definition) is 0. The SMILES string of the molecule is COC(=O)C1C(C)=NC(C)=C(C(=O)OCCc2ccc(OCCC3COC(C)(C)O3)cc2)C1c1cccc([N+](=O)[O-])c1. The van der Waals surface area contributed by atoms with Crippen LogP contribution >= 0.6 is 0 Å². The third-order valence-electron chi connectivity index (χ3n) is 7.27. The molecule has 2 aromatic rings. The van der Waals surface area contributed by atoms with Crippen molar-refractivity contribution in [1.29, 1.82) is 0 Å². The Bertz CT molecular complexity index is 1380. The monoisotopic (exact) mass is 580 g/mol. The zero-order valence-electron chi connectivity index (χ0n) is 24.5. The zero-order chi connectivity index (χ0) is 30.4. The van der Waals surface area contributed by atoms with E-state index in [1.165, 1.54) is 25.3 Å². The lowest BCUT2D eigenvalue weighted by molar-refractivity contribution is -0.384. The van der Waals surface area contributed by atoms with E-state index in [-0.39, 0.29) is 24.0 Å². The number of carbonyl (C=O) groups excluding carboxylic acids is 2. The number of ether oxygens (including phenoxy) is 5. The van der Waals surface area contributed by atoms with E-state index in [0.29, 0.717) is 43.0 Å². The standard InChI is InChI=1S/C31H36N2O9/c1-19-26(29(34)38-5)28(22-7-6-8-23(17-22)33(36)37)27(20(2)32-19)30(35)40-15-13-21-9-11-24(12-10-21)39-16-14-25-18-41-31(3,4)42-25/h6-12,17,25-26,28H,13-16,18H2,1-5H3. The second-order valence-electron chi connectivity index (χ2n) is 10.7. The number of aliphatic imine (C=N–C) groups is 1. The minimum atomic E-state index is -0.935. The van der Waals surface area contributed by atoms with Crippen molar-refractivity contribution >= 4 is 23.3 Å². The predicted octanol–water partition coefficient (Wildman–Crippen LogP) is 4.92. The van der Waals surface area contributed by atoms with Gasteiger partial charge in [0.25, 0.3) is 5.69 Å². The van der Waals surface area contributed by atoms with Gasteiger partial charge in [-0.25, -0.2) is 4.79 Å². The molecule has 0 radical (unpaired) electrons. The van der Waals surface area contributed by atoms with Crippen LogP contribution in [0.4, 0.5) is 5.69 Å². The number of benzene rings is 2. The van der Waals surface area contributed by atoms with E-state index in [4.69, 9.17) is 23.7 Å².